The van der Waals surface area contributed by atoms with Crippen molar-refractivity contribution in [1.82, 2.24) is 5.32 Å². The normalized spacial score (nSPS) is 22.6. The topological polar surface area (TPSA) is 123 Å². The summed E-state index contributed by atoms with van der Waals surface area (Å²) in [7, 11) is -2.08. The third-order valence-corrected chi connectivity index (χ3v) is 5.49. The zero-order chi connectivity index (χ0) is 19.0. The quantitative estimate of drug-likeness (QED) is 0.785. The van der Waals surface area contributed by atoms with Gasteiger partial charge in [0.2, 0.25) is 0 Å². The number of fused-ring (bicyclic) bond motifs is 1. The minimum absolute atomic E-state index is 0.00184. The average Bonchev–Trinajstić information content (AvgIpc) is 2.47. The standard InChI is InChI=1S/C16H21NO7S/c1-16(2,3)24-15(20)17-11-5-6-25(21,22)13-8-10(14(18)19)12(23-4)7-9(11)13/h7-8,11H,5-6H2,1-4H3,(H,17,20)(H,18,19)/p+1. The average molecular weight is 372 g/mol. The number of rotatable bonds is 3. The van der Waals surface area contributed by atoms with Gasteiger partial charge in [0.05, 0.1) is 13.2 Å². The number of nitrogens with one attached hydrogen (secondary N) is 1. The molecule has 2 unspecified atom stereocenters. The number of hydrogen-bond donors (Lipinski definition) is 2. The molecule has 0 aliphatic carbocycles. The molecule has 0 saturated heterocycles. The second-order valence-electron chi connectivity index (χ2n) is 6.73. The molecule has 2 rings (SSSR count). The van der Waals surface area contributed by atoms with E-state index in [-0.39, 0.29) is 28.4 Å². The van der Waals surface area contributed by atoms with E-state index < -0.39 is 33.5 Å². The van der Waals surface area contributed by atoms with Gasteiger partial charge in [-0.15, -0.1) is 0 Å². The largest absolute Gasteiger partial charge is 0.496 e. The number of hydrogen-bond acceptors (Lipinski definition) is 5. The van der Waals surface area contributed by atoms with Crippen molar-refractivity contribution in [1.29, 1.82) is 0 Å². The number of carboxylic acids is 1. The van der Waals surface area contributed by atoms with E-state index in [1.807, 2.05) is 0 Å². The molecule has 0 saturated carbocycles. The molecule has 8 nitrogen and oxygen atoms in total. The zero-order valence-corrected chi connectivity index (χ0v) is 15.3. The molecule has 1 aromatic rings. The van der Waals surface area contributed by atoms with Crippen molar-refractivity contribution in [2.24, 2.45) is 0 Å². The van der Waals surface area contributed by atoms with Crippen LogP contribution in [0, 0.1) is 0 Å². The molecule has 1 aliphatic rings. The van der Waals surface area contributed by atoms with Crippen molar-refractivity contribution in [3.63, 3.8) is 0 Å². The molecule has 3 N–H and O–H groups in total. The lowest BCUT2D eigenvalue weighted by Crippen LogP contribution is -2.37. The summed E-state index contributed by atoms with van der Waals surface area (Å²) < 4.78 is 32.9. The van der Waals surface area contributed by atoms with E-state index in [2.05, 4.69) is 5.32 Å². The number of aromatic carboxylic acids is 1. The van der Waals surface area contributed by atoms with Crippen molar-refractivity contribution in [3.8, 4) is 5.75 Å². The number of alkyl carbamates (subject to hydrolysis) is 1. The van der Waals surface area contributed by atoms with E-state index in [9.17, 15) is 23.1 Å². The Morgan fingerprint density at radius 3 is 2.52 bits per heavy atom. The van der Waals surface area contributed by atoms with Crippen LogP contribution < -0.4 is 10.1 Å². The first-order chi connectivity index (χ1) is 11.4. The molecule has 9 heteroatoms. The van der Waals surface area contributed by atoms with Crippen molar-refractivity contribution in [2.75, 3.05) is 12.9 Å². The van der Waals surface area contributed by atoms with E-state index >= 15 is 0 Å². The van der Waals surface area contributed by atoms with E-state index in [4.69, 9.17) is 9.47 Å². The van der Waals surface area contributed by atoms with Crippen molar-refractivity contribution >= 4 is 21.9 Å². The van der Waals surface area contributed by atoms with Crippen LogP contribution in [0.3, 0.4) is 0 Å². The van der Waals surface area contributed by atoms with Crippen LogP contribution in [-0.2, 0) is 14.6 Å². The van der Waals surface area contributed by atoms with Gasteiger partial charge in [0.1, 0.15) is 27.6 Å². The van der Waals surface area contributed by atoms with E-state index in [1.54, 1.807) is 20.8 Å². The van der Waals surface area contributed by atoms with Crippen LogP contribution in [0.15, 0.2) is 17.0 Å². The van der Waals surface area contributed by atoms with Gasteiger partial charge in [-0.3, -0.25) is 0 Å². The number of carboxylic acid groups (broad SMARTS) is 1. The summed E-state index contributed by atoms with van der Waals surface area (Å²) in [5.41, 5.74) is -0.538. The summed E-state index contributed by atoms with van der Waals surface area (Å²) in [5.74, 6) is -1.30. The minimum Gasteiger partial charge on any atom is -0.496 e. The first-order valence-electron chi connectivity index (χ1n) is 7.63. The van der Waals surface area contributed by atoms with Crippen LogP contribution in [0.2, 0.25) is 0 Å². The maximum absolute atomic E-state index is 12.4. The predicted octanol–water partition coefficient (Wildman–Crippen LogP) is 2.29. The summed E-state index contributed by atoms with van der Waals surface area (Å²) in [6.45, 7) is 5.18. The molecule has 0 radical (unpaired) electrons. The molecule has 0 fully saturated rings. The first kappa shape index (κ1) is 19.0. The van der Waals surface area contributed by atoms with Crippen LogP contribution in [-0.4, -0.2) is 44.1 Å². The Morgan fingerprint density at radius 2 is 2.00 bits per heavy atom. The molecule has 1 aromatic carbocycles. The highest BCUT2D eigenvalue weighted by Crippen LogP contribution is 2.37. The monoisotopic (exact) mass is 372 g/mol. The highest BCUT2D eigenvalue weighted by molar-refractivity contribution is 7.91. The molecule has 2 atom stereocenters. The van der Waals surface area contributed by atoms with Gasteiger partial charge in [0.15, 0.2) is 0 Å². The fourth-order valence-corrected chi connectivity index (χ4v) is 4.25. The maximum Gasteiger partial charge on any atom is 0.408 e. The Hall–Kier alpha value is -2.29. The number of amides is 1. The molecule has 1 heterocycles. The Bertz CT molecular complexity index is 809. The highest BCUT2D eigenvalue weighted by atomic mass is 32.2. The Balaban J connectivity index is 2.46. The van der Waals surface area contributed by atoms with Gasteiger partial charge in [0.25, 0.3) is 0 Å². The minimum atomic E-state index is -3.39. The van der Waals surface area contributed by atoms with Crippen LogP contribution in [0.25, 0.3) is 0 Å². The fourth-order valence-electron chi connectivity index (χ4n) is 2.60. The highest BCUT2D eigenvalue weighted by Gasteiger charge is 2.37. The molecular formula is C16H22NO7S+. The summed E-state index contributed by atoms with van der Waals surface area (Å²) in [5, 5.41) is 11.9. The summed E-state index contributed by atoms with van der Waals surface area (Å²) in [6.07, 6.45) is -0.437. The zero-order valence-electron chi connectivity index (χ0n) is 14.5. The molecule has 25 heavy (non-hydrogen) atoms. The maximum atomic E-state index is 12.4. The predicted molar refractivity (Wildman–Crippen MR) is 89.9 cm³/mol. The molecule has 0 aromatic heterocycles. The Kier molecular flexibility index (Phi) is 4.99. The molecule has 1 amide bonds. The van der Waals surface area contributed by atoms with E-state index in [1.165, 1.54) is 13.2 Å². The first-order valence-corrected chi connectivity index (χ1v) is 9.32. The Labute approximate surface area is 146 Å². The van der Waals surface area contributed by atoms with Crippen LogP contribution in [0.5, 0.6) is 5.75 Å². The lowest BCUT2D eigenvalue weighted by Gasteiger charge is -2.27. The van der Waals surface area contributed by atoms with Gasteiger partial charge in [0, 0.05) is 5.56 Å². The SMILES string of the molecule is COc1cc2c(cc1C(=O)O)S(=O)(=[OH+])CCC2NC(=O)OC(C)(C)C. The third kappa shape index (κ3) is 4.22. The van der Waals surface area contributed by atoms with Gasteiger partial charge >= 0.3 is 21.9 Å². The second-order valence-corrected chi connectivity index (χ2v) is 8.86. The number of ether oxygens (including phenoxy) is 2. The van der Waals surface area contributed by atoms with Crippen molar-refractivity contribution in [2.45, 2.75) is 43.7 Å². The second kappa shape index (κ2) is 6.55. The van der Waals surface area contributed by atoms with Crippen LogP contribution in [0.4, 0.5) is 4.79 Å². The van der Waals surface area contributed by atoms with Gasteiger partial charge in [-0.2, -0.15) is 4.21 Å². The molecule has 1 aliphatic heterocycles. The van der Waals surface area contributed by atoms with Gasteiger partial charge in [-0.1, -0.05) is 0 Å². The van der Waals surface area contributed by atoms with Crippen LogP contribution in [0.1, 0.15) is 49.2 Å². The summed E-state index contributed by atoms with van der Waals surface area (Å²) >= 11 is 0. The lowest BCUT2D eigenvalue weighted by atomic mass is 10.0. The molecular weight excluding hydrogens is 350 g/mol. The lowest BCUT2D eigenvalue weighted by molar-refractivity contribution is 0.0499. The molecule has 138 valence electrons. The smallest absolute Gasteiger partial charge is 0.408 e. The van der Waals surface area contributed by atoms with Gasteiger partial charge in [-0.05, 0) is 39.3 Å². The van der Waals surface area contributed by atoms with E-state index in [0.717, 1.165) is 6.07 Å². The fraction of sp³-hybridized carbons (Fsp3) is 0.500. The molecule has 0 spiro atoms. The summed E-state index contributed by atoms with van der Waals surface area (Å²) in [4.78, 5) is 23.4. The van der Waals surface area contributed by atoms with E-state index in [0.29, 0.717) is 5.56 Å². The van der Waals surface area contributed by atoms with Crippen molar-refractivity contribution < 1.29 is 32.6 Å². The Morgan fingerprint density at radius 1 is 1.36 bits per heavy atom. The number of methoxy groups -OCH3 is 1. The van der Waals surface area contributed by atoms with Gasteiger partial charge < -0.3 is 19.9 Å². The van der Waals surface area contributed by atoms with Crippen LogP contribution >= 0.6 is 0 Å². The number of carbonyl (C=O) groups is 2. The number of carbonyl (C=O) groups excluding carboxylic acids is 1. The summed E-state index contributed by atoms with van der Waals surface area (Å²) in [6, 6.07) is 1.95. The third-order valence-electron chi connectivity index (χ3n) is 3.66. The number of benzene rings is 1. The van der Waals surface area contributed by atoms with Gasteiger partial charge in [-0.25, -0.2) is 13.8 Å². The molecule has 0 bridgehead atoms. The van der Waals surface area contributed by atoms with Crippen molar-refractivity contribution in [3.05, 3.63) is 23.3 Å².